The molecule has 0 aliphatic carbocycles. The van der Waals surface area contributed by atoms with Crippen molar-refractivity contribution in [3.63, 3.8) is 0 Å². The number of aryl methyl sites for hydroxylation is 2. The van der Waals surface area contributed by atoms with Gasteiger partial charge in [-0.2, -0.15) is 0 Å². The van der Waals surface area contributed by atoms with E-state index in [1.54, 1.807) is 11.3 Å². The van der Waals surface area contributed by atoms with Crippen molar-refractivity contribution in [1.82, 2.24) is 10.3 Å². The van der Waals surface area contributed by atoms with Gasteiger partial charge in [-0.15, -0.1) is 23.2 Å². The second kappa shape index (κ2) is 5.79. The van der Waals surface area contributed by atoms with Crippen LogP contribution in [-0.2, 0) is 6.54 Å². The highest BCUT2D eigenvalue weighted by atomic mass is 32.1. The van der Waals surface area contributed by atoms with Gasteiger partial charge >= 0.3 is 0 Å². The van der Waals surface area contributed by atoms with E-state index >= 15 is 0 Å². The van der Waals surface area contributed by atoms with Gasteiger partial charge in [-0.25, -0.2) is 4.98 Å². The summed E-state index contributed by atoms with van der Waals surface area (Å²) in [5.41, 5.74) is 1.15. The Morgan fingerprint density at radius 1 is 1.43 bits per heavy atom. The Balaban J connectivity index is 2.27. The molecule has 1 aromatic rings. The van der Waals surface area contributed by atoms with Crippen LogP contribution in [0.4, 0.5) is 0 Å². The molecule has 1 N–H and O–H groups in total. The van der Waals surface area contributed by atoms with Crippen molar-refractivity contribution >= 4 is 11.3 Å². The van der Waals surface area contributed by atoms with E-state index < -0.39 is 0 Å². The average Bonchev–Trinajstić information content (AvgIpc) is 2.46. The summed E-state index contributed by atoms with van der Waals surface area (Å²) in [6.07, 6.45) is 0.917. The largest absolute Gasteiger partial charge is 0.310 e. The number of rotatable bonds is 4. The second-order valence-electron chi connectivity index (χ2n) is 3.10. The molecule has 2 nitrogen and oxygen atoms in total. The Kier molecular flexibility index (Phi) is 4.64. The monoisotopic (exact) mass is 208 g/mol. The molecule has 0 aliphatic rings. The Hall–Kier alpha value is -0.850. The molecule has 3 heteroatoms. The maximum absolute atomic E-state index is 4.45. The van der Waals surface area contributed by atoms with Crippen molar-refractivity contribution in [1.29, 1.82) is 0 Å². The van der Waals surface area contributed by atoms with Crippen LogP contribution in [-0.4, -0.2) is 11.5 Å². The summed E-state index contributed by atoms with van der Waals surface area (Å²) >= 11 is 1.77. The highest BCUT2D eigenvalue weighted by Gasteiger charge is 2.01. The van der Waals surface area contributed by atoms with Gasteiger partial charge < -0.3 is 5.32 Å². The normalized spacial score (nSPS) is 9.64. The number of hydrogen-bond acceptors (Lipinski definition) is 3. The van der Waals surface area contributed by atoms with Crippen molar-refractivity contribution in [2.75, 3.05) is 6.54 Å². The zero-order valence-electron chi connectivity index (χ0n) is 8.98. The van der Waals surface area contributed by atoms with Crippen molar-refractivity contribution in [2.45, 2.75) is 33.7 Å². The van der Waals surface area contributed by atoms with E-state index in [1.807, 2.05) is 6.92 Å². The molecule has 0 saturated carbocycles. The van der Waals surface area contributed by atoms with Gasteiger partial charge in [0.2, 0.25) is 0 Å². The highest BCUT2D eigenvalue weighted by Crippen LogP contribution is 2.15. The van der Waals surface area contributed by atoms with Crippen LogP contribution in [0.15, 0.2) is 0 Å². The molecule has 0 saturated heterocycles. The summed E-state index contributed by atoms with van der Waals surface area (Å²) in [7, 11) is 0. The molecule has 0 unspecified atom stereocenters. The van der Waals surface area contributed by atoms with Gasteiger partial charge in [0, 0.05) is 24.4 Å². The lowest BCUT2D eigenvalue weighted by Gasteiger charge is -1.97. The topological polar surface area (TPSA) is 24.9 Å². The SMILES string of the molecule is CC#CCCNCc1nc(C)c(C)s1. The predicted octanol–water partition coefficient (Wildman–Crippen LogP) is 2.26. The molecule has 0 fully saturated rings. The lowest BCUT2D eigenvalue weighted by Crippen LogP contribution is -2.13. The number of nitrogens with zero attached hydrogens (tertiary/aromatic N) is 1. The average molecular weight is 208 g/mol. The molecule has 0 aromatic carbocycles. The molecule has 1 heterocycles. The summed E-state index contributed by atoms with van der Waals surface area (Å²) < 4.78 is 0. The summed E-state index contributed by atoms with van der Waals surface area (Å²) in [5, 5.41) is 4.49. The number of nitrogens with one attached hydrogen (secondary N) is 1. The van der Waals surface area contributed by atoms with Gasteiger partial charge in [-0.1, -0.05) is 0 Å². The van der Waals surface area contributed by atoms with Crippen LogP contribution in [0.2, 0.25) is 0 Å². The van der Waals surface area contributed by atoms with Crippen LogP contribution in [0.5, 0.6) is 0 Å². The van der Waals surface area contributed by atoms with E-state index in [0.29, 0.717) is 0 Å². The van der Waals surface area contributed by atoms with Gasteiger partial charge in [0.15, 0.2) is 0 Å². The third kappa shape index (κ3) is 3.49. The van der Waals surface area contributed by atoms with Crippen LogP contribution in [0.1, 0.15) is 28.9 Å². The minimum Gasteiger partial charge on any atom is -0.310 e. The third-order valence-electron chi connectivity index (χ3n) is 1.95. The van der Waals surface area contributed by atoms with Gasteiger partial charge in [-0.05, 0) is 20.8 Å². The van der Waals surface area contributed by atoms with E-state index in [9.17, 15) is 0 Å². The first-order valence-corrected chi connectivity index (χ1v) is 5.59. The summed E-state index contributed by atoms with van der Waals surface area (Å²) in [5.74, 6) is 5.90. The molecular weight excluding hydrogens is 192 g/mol. The molecule has 14 heavy (non-hydrogen) atoms. The Morgan fingerprint density at radius 3 is 2.79 bits per heavy atom. The first kappa shape index (κ1) is 11.2. The third-order valence-corrected chi connectivity index (χ3v) is 3.03. The quantitative estimate of drug-likeness (QED) is 0.606. The fraction of sp³-hybridized carbons (Fsp3) is 0.545. The molecule has 1 rings (SSSR count). The summed E-state index contributed by atoms with van der Waals surface area (Å²) in [4.78, 5) is 5.76. The van der Waals surface area contributed by atoms with Crippen molar-refractivity contribution in [2.24, 2.45) is 0 Å². The zero-order valence-corrected chi connectivity index (χ0v) is 9.79. The van der Waals surface area contributed by atoms with E-state index in [4.69, 9.17) is 0 Å². The second-order valence-corrected chi connectivity index (χ2v) is 4.39. The Labute approximate surface area is 89.8 Å². The van der Waals surface area contributed by atoms with E-state index in [0.717, 1.165) is 25.2 Å². The minimum absolute atomic E-state index is 0.866. The van der Waals surface area contributed by atoms with Gasteiger partial charge in [0.05, 0.1) is 5.69 Å². The van der Waals surface area contributed by atoms with Crippen LogP contribution in [0.25, 0.3) is 0 Å². The standard InChI is InChI=1S/C11H16N2S/c1-4-5-6-7-12-8-11-13-9(2)10(3)14-11/h12H,6-8H2,1-3H3. The minimum atomic E-state index is 0.866. The maximum atomic E-state index is 4.45. The molecule has 76 valence electrons. The number of hydrogen-bond donors (Lipinski definition) is 1. The molecule has 0 amide bonds. The first-order valence-electron chi connectivity index (χ1n) is 4.77. The molecule has 1 aromatic heterocycles. The number of aromatic nitrogens is 1. The maximum Gasteiger partial charge on any atom is 0.107 e. The van der Waals surface area contributed by atoms with Crippen LogP contribution in [0, 0.1) is 25.7 Å². The van der Waals surface area contributed by atoms with Crippen LogP contribution >= 0.6 is 11.3 Å². The fourth-order valence-corrected chi connectivity index (χ4v) is 1.99. The predicted molar refractivity (Wildman–Crippen MR) is 61.4 cm³/mol. The summed E-state index contributed by atoms with van der Waals surface area (Å²) in [6.45, 7) is 7.84. The van der Waals surface area contributed by atoms with Crippen molar-refractivity contribution in [3.8, 4) is 11.8 Å². The van der Waals surface area contributed by atoms with E-state index in [-0.39, 0.29) is 0 Å². The lowest BCUT2D eigenvalue weighted by molar-refractivity contribution is 0.696. The van der Waals surface area contributed by atoms with Gasteiger partial charge in [0.25, 0.3) is 0 Å². The Bertz CT molecular complexity index is 324. The van der Waals surface area contributed by atoms with E-state index in [2.05, 4.69) is 36.0 Å². The lowest BCUT2D eigenvalue weighted by atomic mass is 10.4. The molecule has 0 aliphatic heterocycles. The molecule has 0 radical (unpaired) electrons. The number of thiazole rings is 1. The molecule has 0 bridgehead atoms. The smallest absolute Gasteiger partial charge is 0.107 e. The van der Waals surface area contributed by atoms with E-state index in [1.165, 1.54) is 9.88 Å². The van der Waals surface area contributed by atoms with Crippen molar-refractivity contribution < 1.29 is 0 Å². The Morgan fingerprint density at radius 2 is 2.21 bits per heavy atom. The zero-order chi connectivity index (χ0) is 10.4. The molecule has 0 atom stereocenters. The fourth-order valence-electron chi connectivity index (χ4n) is 1.09. The first-order chi connectivity index (χ1) is 6.74. The van der Waals surface area contributed by atoms with Crippen LogP contribution in [0.3, 0.4) is 0 Å². The molecule has 0 spiro atoms. The van der Waals surface area contributed by atoms with Crippen molar-refractivity contribution in [3.05, 3.63) is 15.6 Å². The summed E-state index contributed by atoms with van der Waals surface area (Å²) in [6, 6.07) is 0. The van der Waals surface area contributed by atoms with Gasteiger partial charge in [-0.3, -0.25) is 0 Å². The van der Waals surface area contributed by atoms with Crippen LogP contribution < -0.4 is 5.32 Å². The molecular formula is C11H16N2S. The van der Waals surface area contributed by atoms with Gasteiger partial charge in [0.1, 0.15) is 5.01 Å². The highest BCUT2D eigenvalue weighted by molar-refractivity contribution is 7.11.